The van der Waals surface area contributed by atoms with E-state index in [4.69, 9.17) is 9.52 Å². The highest BCUT2D eigenvalue weighted by Gasteiger charge is 2.28. The third-order valence-corrected chi connectivity index (χ3v) is 8.15. The third kappa shape index (κ3) is 5.69. The summed E-state index contributed by atoms with van der Waals surface area (Å²) in [5.74, 6) is 2.90. The summed E-state index contributed by atoms with van der Waals surface area (Å²) in [5, 5.41) is 7.36. The lowest BCUT2D eigenvalue weighted by Gasteiger charge is -2.32. The van der Waals surface area contributed by atoms with Gasteiger partial charge in [0.2, 0.25) is 11.7 Å². The molecular formula is C27H29FN6O2S. The number of piperidine rings is 1. The van der Waals surface area contributed by atoms with Gasteiger partial charge in [0, 0.05) is 48.4 Å². The van der Waals surface area contributed by atoms with Crippen LogP contribution in [0.1, 0.15) is 44.9 Å². The molecule has 8 nitrogen and oxygen atoms in total. The van der Waals surface area contributed by atoms with E-state index in [1.807, 2.05) is 32.1 Å². The molecule has 1 N–H and O–H groups in total. The lowest BCUT2D eigenvalue weighted by atomic mass is 9.96. The lowest BCUT2D eigenvalue weighted by Crippen LogP contribution is -2.37. The van der Waals surface area contributed by atoms with Crippen LogP contribution in [0.15, 0.2) is 80.7 Å². The van der Waals surface area contributed by atoms with Crippen molar-refractivity contribution >= 4 is 22.3 Å². The highest BCUT2D eigenvalue weighted by molar-refractivity contribution is 7.89. The van der Waals surface area contributed by atoms with Gasteiger partial charge >= 0.3 is 0 Å². The molecule has 0 radical (unpaired) electrons. The zero-order valence-corrected chi connectivity index (χ0v) is 21.7. The Morgan fingerprint density at radius 3 is 2.84 bits per heavy atom. The van der Waals surface area contributed by atoms with Crippen molar-refractivity contribution < 1.29 is 13.1 Å². The first-order chi connectivity index (χ1) is 18.0. The molecule has 0 bridgehead atoms. The van der Waals surface area contributed by atoms with Gasteiger partial charge in [0.05, 0.1) is 15.7 Å². The SMILES string of the molecule is CC=C1CCS(=O)/C1=C(/N=C(C)N1CCC(c2nc(-c3cccnc3)no2)CC1)Nc1cccc(F)c1. The number of allylic oxidation sites excluding steroid dienone is 2. The Bertz CT molecular complexity index is 1380. The standard InChI is InChI=1S/C27H29FN6O2S/c1-3-19-11-15-37(35)24(19)26(31-23-8-4-7-22(28)16-23)30-18(2)34-13-9-20(10-14-34)27-32-25(33-36-27)21-6-5-12-29-17-21/h3-8,12,16-17,20,31H,9-11,13-15H2,1-2H3/b19-3?,26-24-,30-18?. The van der Waals surface area contributed by atoms with Crippen LogP contribution in [0, 0.1) is 5.82 Å². The van der Waals surface area contributed by atoms with Crippen LogP contribution in [0.4, 0.5) is 10.1 Å². The number of rotatable bonds is 5. The molecule has 2 aromatic heterocycles. The fraction of sp³-hybridized carbons (Fsp3) is 0.333. The van der Waals surface area contributed by atoms with Crippen molar-refractivity contribution in [1.29, 1.82) is 0 Å². The van der Waals surface area contributed by atoms with Crippen molar-refractivity contribution in [1.82, 2.24) is 20.0 Å². The Morgan fingerprint density at radius 1 is 1.27 bits per heavy atom. The van der Waals surface area contributed by atoms with Gasteiger partial charge in [0.1, 0.15) is 17.5 Å². The van der Waals surface area contributed by atoms with Crippen LogP contribution >= 0.6 is 0 Å². The van der Waals surface area contributed by atoms with Gasteiger partial charge in [-0.15, -0.1) is 0 Å². The Hall–Kier alpha value is -3.66. The summed E-state index contributed by atoms with van der Waals surface area (Å²) < 4.78 is 32.3. The fourth-order valence-corrected chi connectivity index (χ4v) is 6.07. The van der Waals surface area contributed by atoms with Crippen molar-refractivity contribution in [3.8, 4) is 11.4 Å². The fourth-order valence-electron chi connectivity index (χ4n) is 4.63. The van der Waals surface area contributed by atoms with E-state index in [1.165, 1.54) is 12.1 Å². The summed E-state index contributed by atoms with van der Waals surface area (Å²) in [5.41, 5.74) is 2.40. The average molecular weight is 521 g/mol. The molecule has 0 saturated carbocycles. The van der Waals surface area contributed by atoms with Crippen LogP contribution in [0.25, 0.3) is 11.4 Å². The summed E-state index contributed by atoms with van der Waals surface area (Å²) in [7, 11) is -1.17. The van der Waals surface area contributed by atoms with Crippen molar-refractivity contribution in [3.05, 3.63) is 82.9 Å². The minimum absolute atomic E-state index is 0.169. The maximum Gasteiger partial charge on any atom is 0.230 e. The van der Waals surface area contributed by atoms with Crippen LogP contribution in [0.2, 0.25) is 0 Å². The van der Waals surface area contributed by atoms with Gasteiger partial charge in [0.15, 0.2) is 0 Å². The van der Waals surface area contributed by atoms with Gasteiger partial charge in [-0.1, -0.05) is 17.3 Å². The number of likely N-dealkylation sites (tertiary alicyclic amines) is 1. The summed E-state index contributed by atoms with van der Waals surface area (Å²) in [6.45, 7) is 5.43. The highest BCUT2D eigenvalue weighted by Crippen LogP contribution is 2.32. The van der Waals surface area contributed by atoms with Crippen molar-refractivity contribution in [3.63, 3.8) is 0 Å². The van der Waals surface area contributed by atoms with E-state index < -0.39 is 10.8 Å². The summed E-state index contributed by atoms with van der Waals surface area (Å²) in [6.07, 6.45) is 7.83. The van der Waals surface area contributed by atoms with Crippen molar-refractivity contribution in [2.24, 2.45) is 4.99 Å². The number of nitrogens with zero attached hydrogens (tertiary/aromatic N) is 5. The number of benzene rings is 1. The van der Waals surface area contributed by atoms with Crippen LogP contribution in [-0.4, -0.2) is 48.9 Å². The van der Waals surface area contributed by atoms with E-state index in [-0.39, 0.29) is 11.7 Å². The Morgan fingerprint density at radius 2 is 2.11 bits per heavy atom. The van der Waals surface area contributed by atoms with E-state index in [2.05, 4.69) is 25.3 Å². The molecule has 37 heavy (non-hydrogen) atoms. The number of anilines is 1. The summed E-state index contributed by atoms with van der Waals surface area (Å²) in [4.78, 5) is 16.5. The molecule has 4 heterocycles. The molecule has 1 aromatic carbocycles. The zero-order valence-electron chi connectivity index (χ0n) is 20.9. The molecule has 10 heteroatoms. The molecule has 192 valence electrons. The Labute approximate surface area is 217 Å². The number of hydrogen-bond donors (Lipinski definition) is 1. The van der Waals surface area contributed by atoms with Gasteiger partial charge in [-0.2, -0.15) is 4.98 Å². The molecule has 2 saturated heterocycles. The maximum absolute atomic E-state index is 13.9. The van der Waals surface area contributed by atoms with Crippen LogP contribution < -0.4 is 5.32 Å². The molecule has 2 aliphatic heterocycles. The molecule has 0 aliphatic carbocycles. The predicted octanol–water partition coefficient (Wildman–Crippen LogP) is 5.25. The van der Waals surface area contributed by atoms with Gasteiger partial charge in [-0.25, -0.2) is 9.38 Å². The molecule has 0 spiro atoms. The van der Waals surface area contributed by atoms with E-state index in [0.717, 1.165) is 49.3 Å². The second kappa shape index (κ2) is 11.2. The molecule has 2 fully saturated rings. The summed E-state index contributed by atoms with van der Waals surface area (Å²) >= 11 is 0. The first-order valence-electron chi connectivity index (χ1n) is 12.4. The Kier molecular flexibility index (Phi) is 7.55. The number of hydrogen-bond acceptors (Lipinski definition) is 7. The second-order valence-electron chi connectivity index (χ2n) is 9.04. The normalized spacial score (nSPS) is 21.5. The molecule has 0 amide bonds. The third-order valence-electron chi connectivity index (χ3n) is 6.66. The molecule has 3 aromatic rings. The largest absolute Gasteiger partial charge is 0.360 e. The number of halogens is 1. The zero-order chi connectivity index (χ0) is 25.8. The van der Waals surface area contributed by atoms with Gasteiger partial charge < -0.3 is 14.7 Å². The number of aliphatic imine (C=N–C) groups is 1. The van der Waals surface area contributed by atoms with Crippen molar-refractivity contribution in [2.75, 3.05) is 24.2 Å². The van der Waals surface area contributed by atoms with Gasteiger partial charge in [-0.3, -0.25) is 9.19 Å². The van der Waals surface area contributed by atoms with Crippen LogP contribution in [0.3, 0.4) is 0 Å². The molecule has 1 unspecified atom stereocenters. The second-order valence-corrected chi connectivity index (χ2v) is 10.6. The molecular weight excluding hydrogens is 491 g/mol. The number of amidine groups is 1. The Balaban J connectivity index is 1.33. The van der Waals surface area contributed by atoms with Crippen LogP contribution in [-0.2, 0) is 10.8 Å². The average Bonchev–Trinajstić information content (AvgIpc) is 3.56. The molecule has 5 rings (SSSR count). The van der Waals surface area contributed by atoms with Gasteiger partial charge in [-0.05, 0) is 69.0 Å². The number of nitrogens with one attached hydrogen (secondary N) is 1. The lowest BCUT2D eigenvalue weighted by molar-refractivity contribution is 0.264. The smallest absolute Gasteiger partial charge is 0.230 e. The van der Waals surface area contributed by atoms with E-state index in [0.29, 0.717) is 33.9 Å². The topological polar surface area (TPSA) is 96.5 Å². The maximum atomic E-state index is 13.9. The highest BCUT2D eigenvalue weighted by atomic mass is 32.2. The number of aromatic nitrogens is 3. The minimum Gasteiger partial charge on any atom is -0.360 e. The van der Waals surface area contributed by atoms with Gasteiger partial charge in [0.25, 0.3) is 0 Å². The molecule has 1 atom stereocenters. The molecule has 2 aliphatic rings. The van der Waals surface area contributed by atoms with Crippen LogP contribution in [0.5, 0.6) is 0 Å². The predicted molar refractivity (Wildman–Crippen MR) is 143 cm³/mol. The van der Waals surface area contributed by atoms with E-state index in [1.54, 1.807) is 24.5 Å². The first kappa shape index (κ1) is 25.0. The van der Waals surface area contributed by atoms with E-state index >= 15 is 0 Å². The monoisotopic (exact) mass is 520 g/mol. The number of pyridine rings is 1. The van der Waals surface area contributed by atoms with E-state index in [9.17, 15) is 8.60 Å². The summed E-state index contributed by atoms with van der Waals surface area (Å²) in [6, 6.07) is 9.97. The van der Waals surface area contributed by atoms with Crippen molar-refractivity contribution in [2.45, 2.75) is 39.0 Å². The minimum atomic E-state index is -1.17. The first-order valence-corrected chi connectivity index (χ1v) is 13.7. The quantitative estimate of drug-likeness (QED) is 0.363.